The first-order chi connectivity index (χ1) is 14.2. The molecule has 0 spiro atoms. The lowest BCUT2D eigenvalue weighted by molar-refractivity contribution is 0.100. The van der Waals surface area contributed by atoms with Crippen molar-refractivity contribution in [3.05, 3.63) is 90.0 Å². The van der Waals surface area contributed by atoms with E-state index in [9.17, 15) is 4.79 Å². The average Bonchev–Trinajstić information content (AvgIpc) is 3.15. The van der Waals surface area contributed by atoms with Gasteiger partial charge in [-0.15, -0.1) is 0 Å². The minimum absolute atomic E-state index is 0.455. The van der Waals surface area contributed by atoms with Crippen LogP contribution in [-0.2, 0) is 6.42 Å². The molecule has 0 saturated heterocycles. The number of benzene rings is 2. The number of primary amides is 1. The van der Waals surface area contributed by atoms with Crippen molar-refractivity contribution >= 4 is 22.6 Å². The molecule has 1 amide bonds. The van der Waals surface area contributed by atoms with Crippen LogP contribution in [0.3, 0.4) is 0 Å². The highest BCUT2D eigenvalue weighted by Gasteiger charge is 2.10. The summed E-state index contributed by atoms with van der Waals surface area (Å²) in [5, 5.41) is 5.80. The van der Waals surface area contributed by atoms with E-state index in [1.165, 1.54) is 0 Å². The SMILES string of the molecule is NC(=O)c1ccc(-c2cnc3ncc(Cc4ccc5ncccc5c4)n3n2)cc1. The first-order valence-corrected chi connectivity index (χ1v) is 9.11. The summed E-state index contributed by atoms with van der Waals surface area (Å²) >= 11 is 0. The molecule has 2 aromatic carbocycles. The highest BCUT2D eigenvalue weighted by atomic mass is 16.1. The highest BCUT2D eigenvalue weighted by Crippen LogP contribution is 2.19. The lowest BCUT2D eigenvalue weighted by Crippen LogP contribution is -2.10. The number of hydrogen-bond donors (Lipinski definition) is 1. The summed E-state index contributed by atoms with van der Waals surface area (Å²) in [6.45, 7) is 0. The largest absolute Gasteiger partial charge is 0.366 e. The molecular weight excluding hydrogens is 364 g/mol. The number of nitrogens with two attached hydrogens (primary N) is 1. The Morgan fingerprint density at radius 3 is 2.62 bits per heavy atom. The van der Waals surface area contributed by atoms with Crippen molar-refractivity contribution in [1.29, 1.82) is 0 Å². The second-order valence-corrected chi connectivity index (χ2v) is 6.75. The van der Waals surface area contributed by atoms with Gasteiger partial charge >= 0.3 is 0 Å². The van der Waals surface area contributed by atoms with E-state index in [4.69, 9.17) is 10.8 Å². The Balaban J connectivity index is 1.51. The zero-order chi connectivity index (χ0) is 19.8. The Kier molecular flexibility index (Phi) is 3.98. The number of rotatable bonds is 4. The van der Waals surface area contributed by atoms with E-state index >= 15 is 0 Å². The van der Waals surface area contributed by atoms with Gasteiger partial charge in [0.25, 0.3) is 5.78 Å². The average molecular weight is 380 g/mol. The quantitative estimate of drug-likeness (QED) is 0.517. The maximum atomic E-state index is 11.3. The lowest BCUT2D eigenvalue weighted by Gasteiger charge is -2.05. The third-order valence-corrected chi connectivity index (χ3v) is 4.82. The Bertz CT molecular complexity index is 1360. The molecule has 0 bridgehead atoms. The molecule has 140 valence electrons. The molecular formula is C22H16N6O. The van der Waals surface area contributed by atoms with Gasteiger partial charge in [0.15, 0.2) is 0 Å². The van der Waals surface area contributed by atoms with Crippen LogP contribution in [0.2, 0.25) is 0 Å². The van der Waals surface area contributed by atoms with E-state index in [1.807, 2.05) is 30.3 Å². The van der Waals surface area contributed by atoms with Crippen LogP contribution in [0.4, 0.5) is 0 Å². The van der Waals surface area contributed by atoms with Crippen LogP contribution in [0.5, 0.6) is 0 Å². The number of hydrogen-bond acceptors (Lipinski definition) is 5. The normalized spacial score (nSPS) is 11.2. The number of imidazole rings is 1. The molecule has 0 aliphatic carbocycles. The van der Waals surface area contributed by atoms with Crippen molar-refractivity contribution in [3.8, 4) is 11.3 Å². The Morgan fingerprint density at radius 1 is 0.966 bits per heavy atom. The molecule has 5 rings (SSSR count). The standard InChI is InChI=1S/C22H16N6O/c23-21(29)16-6-4-15(5-7-16)20-13-26-22-25-12-18(28(22)27-20)11-14-3-8-19-17(10-14)2-1-9-24-19/h1-10,12-13H,11H2,(H2,23,29). The van der Waals surface area contributed by atoms with E-state index in [2.05, 4.69) is 27.1 Å². The monoisotopic (exact) mass is 380 g/mol. The van der Waals surface area contributed by atoms with Crippen molar-refractivity contribution in [1.82, 2.24) is 24.6 Å². The molecule has 7 heteroatoms. The zero-order valence-electron chi connectivity index (χ0n) is 15.4. The molecule has 5 aromatic rings. The molecule has 7 nitrogen and oxygen atoms in total. The smallest absolute Gasteiger partial charge is 0.250 e. The molecule has 0 unspecified atom stereocenters. The van der Waals surface area contributed by atoms with Crippen LogP contribution in [0, 0.1) is 0 Å². The fourth-order valence-electron chi connectivity index (χ4n) is 3.32. The van der Waals surface area contributed by atoms with E-state index in [0.29, 0.717) is 23.5 Å². The minimum Gasteiger partial charge on any atom is -0.366 e. The van der Waals surface area contributed by atoms with E-state index < -0.39 is 5.91 Å². The van der Waals surface area contributed by atoms with Crippen molar-refractivity contribution < 1.29 is 4.79 Å². The van der Waals surface area contributed by atoms with Gasteiger partial charge in [-0.2, -0.15) is 5.10 Å². The van der Waals surface area contributed by atoms with Crippen LogP contribution < -0.4 is 5.73 Å². The summed E-state index contributed by atoms with van der Waals surface area (Å²) < 4.78 is 1.75. The van der Waals surface area contributed by atoms with Crippen molar-refractivity contribution in [2.75, 3.05) is 0 Å². The molecule has 0 fully saturated rings. The van der Waals surface area contributed by atoms with Gasteiger partial charge in [0.2, 0.25) is 5.91 Å². The van der Waals surface area contributed by atoms with E-state index in [0.717, 1.165) is 27.7 Å². The molecule has 0 aliphatic heterocycles. The number of fused-ring (bicyclic) bond motifs is 2. The van der Waals surface area contributed by atoms with Crippen LogP contribution in [0.15, 0.2) is 73.2 Å². The molecule has 3 heterocycles. The predicted octanol–water partition coefficient (Wildman–Crippen LogP) is 3.03. The number of pyridine rings is 1. The lowest BCUT2D eigenvalue weighted by atomic mass is 10.1. The van der Waals surface area contributed by atoms with Gasteiger partial charge in [-0.05, 0) is 35.9 Å². The second-order valence-electron chi connectivity index (χ2n) is 6.75. The van der Waals surface area contributed by atoms with Crippen molar-refractivity contribution in [3.63, 3.8) is 0 Å². The molecule has 0 aliphatic rings. The Morgan fingerprint density at radius 2 is 1.79 bits per heavy atom. The zero-order valence-corrected chi connectivity index (χ0v) is 15.4. The van der Waals surface area contributed by atoms with Crippen molar-refractivity contribution in [2.24, 2.45) is 5.73 Å². The Labute approximate surface area is 165 Å². The summed E-state index contributed by atoms with van der Waals surface area (Å²) in [5.74, 6) is 0.0838. The summed E-state index contributed by atoms with van der Waals surface area (Å²) in [4.78, 5) is 24.4. The third-order valence-electron chi connectivity index (χ3n) is 4.82. The molecule has 0 saturated carbocycles. The van der Waals surface area contributed by atoms with Gasteiger partial charge in [0.05, 0.1) is 23.6 Å². The number of carbonyl (C=O) groups excluding carboxylic acids is 1. The van der Waals surface area contributed by atoms with Crippen molar-refractivity contribution in [2.45, 2.75) is 6.42 Å². The molecule has 2 N–H and O–H groups in total. The number of aromatic nitrogens is 5. The van der Waals surface area contributed by atoms with Gasteiger partial charge < -0.3 is 5.73 Å². The number of carbonyl (C=O) groups is 1. The summed E-state index contributed by atoms with van der Waals surface area (Å²) in [6.07, 6.45) is 5.93. The molecule has 29 heavy (non-hydrogen) atoms. The summed E-state index contributed by atoms with van der Waals surface area (Å²) in [6, 6.07) is 17.2. The van der Waals surface area contributed by atoms with Crippen LogP contribution in [0.25, 0.3) is 27.9 Å². The fourth-order valence-corrected chi connectivity index (χ4v) is 3.32. The first-order valence-electron chi connectivity index (χ1n) is 9.11. The summed E-state index contributed by atoms with van der Waals surface area (Å²) in [7, 11) is 0. The topological polar surface area (TPSA) is 99.1 Å². The van der Waals surface area contributed by atoms with Crippen LogP contribution in [-0.4, -0.2) is 30.5 Å². The van der Waals surface area contributed by atoms with Crippen LogP contribution in [0.1, 0.15) is 21.6 Å². The predicted molar refractivity (Wildman–Crippen MR) is 109 cm³/mol. The van der Waals surface area contributed by atoms with Gasteiger partial charge in [-0.1, -0.05) is 24.3 Å². The van der Waals surface area contributed by atoms with Crippen LogP contribution >= 0.6 is 0 Å². The number of nitrogens with zero attached hydrogens (tertiary/aromatic N) is 5. The second kappa shape index (κ2) is 6.79. The highest BCUT2D eigenvalue weighted by molar-refractivity contribution is 5.93. The number of amides is 1. The maximum absolute atomic E-state index is 11.3. The Hall–Kier alpha value is -4.13. The van der Waals surface area contributed by atoms with E-state index in [-0.39, 0.29) is 0 Å². The molecule has 3 aromatic heterocycles. The molecule has 0 radical (unpaired) electrons. The van der Waals surface area contributed by atoms with Gasteiger partial charge in [-0.3, -0.25) is 9.78 Å². The van der Waals surface area contributed by atoms with Gasteiger partial charge in [0.1, 0.15) is 5.69 Å². The fraction of sp³-hybridized carbons (Fsp3) is 0.0455. The summed E-state index contributed by atoms with van der Waals surface area (Å²) in [5.41, 5.74) is 10.3. The van der Waals surface area contributed by atoms with Gasteiger partial charge in [0, 0.05) is 29.1 Å². The molecule has 0 atom stereocenters. The first kappa shape index (κ1) is 17.0. The van der Waals surface area contributed by atoms with E-state index in [1.54, 1.807) is 35.2 Å². The third kappa shape index (κ3) is 3.19. The maximum Gasteiger partial charge on any atom is 0.250 e. The van der Waals surface area contributed by atoms with Gasteiger partial charge in [-0.25, -0.2) is 14.5 Å². The minimum atomic E-state index is -0.458.